The summed E-state index contributed by atoms with van der Waals surface area (Å²) < 4.78 is 0. The second-order valence-electron chi connectivity index (χ2n) is 10.7. The maximum atomic E-state index is 14.0. The number of carbonyl (C=O) groups excluding carboxylic acids is 2. The minimum Gasteiger partial charge on any atom is -0.493 e. The smallest absolute Gasteiger partial charge is 0.243 e. The highest BCUT2D eigenvalue weighted by Crippen LogP contribution is 2.39. The molecule has 0 fully saturated rings. The van der Waals surface area contributed by atoms with Crippen LogP contribution in [0.1, 0.15) is 16.7 Å². The number of halogens is 1. The molecule has 0 radical (unpaired) electrons. The van der Waals surface area contributed by atoms with Crippen LogP contribution in [0.15, 0.2) is 89.2 Å². The summed E-state index contributed by atoms with van der Waals surface area (Å²) in [5.41, 5.74) is 22.5. The van der Waals surface area contributed by atoms with Crippen LogP contribution in [0.2, 0.25) is 5.02 Å². The zero-order valence-electron chi connectivity index (χ0n) is 25.1. The van der Waals surface area contributed by atoms with Crippen molar-refractivity contribution in [2.75, 3.05) is 13.6 Å². The van der Waals surface area contributed by atoms with Gasteiger partial charge in [0.05, 0.1) is 11.1 Å². The lowest BCUT2D eigenvalue weighted by molar-refractivity contribution is -0.139. The fourth-order valence-electron chi connectivity index (χ4n) is 5.12. The summed E-state index contributed by atoms with van der Waals surface area (Å²) in [4.78, 5) is 40.9. The van der Waals surface area contributed by atoms with E-state index in [1.165, 1.54) is 22.7 Å². The molecular formula is C33H35ClN8O3S. The summed E-state index contributed by atoms with van der Waals surface area (Å²) in [5.74, 6) is -0.920. The number of benzene rings is 2. The van der Waals surface area contributed by atoms with E-state index in [1.807, 2.05) is 48.7 Å². The van der Waals surface area contributed by atoms with Gasteiger partial charge in [0.2, 0.25) is 17.7 Å². The Balaban J connectivity index is 1.49. The fourth-order valence-corrected chi connectivity index (χ4v) is 6.48. The van der Waals surface area contributed by atoms with Crippen molar-refractivity contribution in [1.82, 2.24) is 25.2 Å². The SMILES string of the molecule is CN(C(=O)[C@@H](N)CN)[C@@H](Cc1c[nH]c2ccccc12)C(=O)NCc1cc(-c2ccc(O)nc2)cc(Cl)c1Sc1ncccc1CN. The summed E-state index contributed by atoms with van der Waals surface area (Å²) in [6.07, 6.45) is 5.31. The van der Waals surface area contributed by atoms with Gasteiger partial charge in [0.1, 0.15) is 11.1 Å². The molecule has 11 nitrogen and oxygen atoms in total. The van der Waals surface area contributed by atoms with Crippen LogP contribution in [-0.4, -0.2) is 62.4 Å². The number of carbonyl (C=O) groups is 2. The first-order valence-corrected chi connectivity index (χ1v) is 15.7. The van der Waals surface area contributed by atoms with Crippen molar-refractivity contribution in [3.63, 3.8) is 0 Å². The minimum atomic E-state index is -0.948. The highest BCUT2D eigenvalue weighted by molar-refractivity contribution is 7.99. The molecule has 0 aliphatic rings. The summed E-state index contributed by atoms with van der Waals surface area (Å²) >= 11 is 8.24. The average molecular weight is 659 g/mol. The Morgan fingerprint density at radius 2 is 1.85 bits per heavy atom. The maximum Gasteiger partial charge on any atom is 0.243 e. The molecule has 9 N–H and O–H groups in total. The van der Waals surface area contributed by atoms with Gasteiger partial charge in [-0.05, 0) is 52.6 Å². The first-order chi connectivity index (χ1) is 22.2. The molecule has 2 aromatic carbocycles. The van der Waals surface area contributed by atoms with E-state index in [2.05, 4.69) is 20.3 Å². The van der Waals surface area contributed by atoms with Gasteiger partial charge in [-0.2, -0.15) is 0 Å². The number of aromatic hydroxyl groups is 1. The Morgan fingerprint density at radius 3 is 2.59 bits per heavy atom. The Bertz CT molecular complexity index is 1850. The number of hydrogen-bond acceptors (Lipinski definition) is 9. The Morgan fingerprint density at radius 1 is 1.04 bits per heavy atom. The Labute approximate surface area is 275 Å². The van der Waals surface area contributed by atoms with Crippen LogP contribution in [0, 0.1) is 0 Å². The zero-order valence-corrected chi connectivity index (χ0v) is 26.7. The number of rotatable bonds is 12. The van der Waals surface area contributed by atoms with Gasteiger partial charge in [-0.1, -0.05) is 47.6 Å². The number of nitrogens with one attached hydrogen (secondary N) is 2. The van der Waals surface area contributed by atoms with Gasteiger partial charge in [-0.15, -0.1) is 0 Å². The van der Waals surface area contributed by atoms with Crippen LogP contribution < -0.4 is 22.5 Å². The van der Waals surface area contributed by atoms with Crippen molar-refractivity contribution in [3.8, 4) is 17.0 Å². The second kappa shape index (κ2) is 14.8. The van der Waals surface area contributed by atoms with Crippen LogP contribution in [0.5, 0.6) is 5.88 Å². The standard InChI is InChI=1S/C33H35ClN8O3S/c1-42(33(45)26(37)15-36)28(13-22-17-39-27-7-3-2-6-24(22)27)31(44)41-18-23-11-21(20-8-9-29(43)40-16-20)12-25(34)30(23)46-32-19(14-35)5-4-10-38-32/h2-12,16-17,26,28,39H,13-15,18,35-37H2,1H3,(H,40,43)(H,41,44)/t26-,28-/m0/s1. The van der Waals surface area contributed by atoms with E-state index in [4.69, 9.17) is 28.8 Å². The first-order valence-electron chi connectivity index (χ1n) is 14.5. The van der Waals surface area contributed by atoms with Crippen molar-refractivity contribution in [1.29, 1.82) is 0 Å². The quantitative estimate of drug-likeness (QED) is 0.116. The van der Waals surface area contributed by atoms with Crippen molar-refractivity contribution in [2.45, 2.75) is 41.5 Å². The third-order valence-electron chi connectivity index (χ3n) is 7.70. The highest BCUT2D eigenvalue weighted by atomic mass is 35.5. The van der Waals surface area contributed by atoms with E-state index in [0.29, 0.717) is 20.5 Å². The molecular weight excluding hydrogens is 624 g/mol. The molecule has 0 aliphatic carbocycles. The number of aromatic nitrogens is 3. The number of likely N-dealkylation sites (N-methyl/N-ethyl adjacent to an activating group) is 1. The normalized spacial score (nSPS) is 12.5. The second-order valence-corrected chi connectivity index (χ2v) is 12.1. The zero-order chi connectivity index (χ0) is 32.8. The number of hydrogen-bond donors (Lipinski definition) is 6. The molecule has 2 atom stereocenters. The molecule has 5 aromatic rings. The summed E-state index contributed by atoms with van der Waals surface area (Å²) in [6, 6.07) is 16.6. The van der Waals surface area contributed by atoms with E-state index in [1.54, 1.807) is 31.6 Å². The summed E-state index contributed by atoms with van der Waals surface area (Å²) in [6.45, 7) is 0.319. The lowest BCUT2D eigenvalue weighted by atomic mass is 10.0. The van der Waals surface area contributed by atoms with Crippen LogP contribution in [0.25, 0.3) is 22.0 Å². The Hall–Kier alpha value is -4.46. The summed E-state index contributed by atoms with van der Waals surface area (Å²) in [7, 11) is 1.56. The maximum absolute atomic E-state index is 14.0. The molecule has 238 valence electrons. The molecule has 0 spiro atoms. The van der Waals surface area contributed by atoms with Gasteiger partial charge in [0.25, 0.3) is 0 Å². The van der Waals surface area contributed by atoms with Crippen LogP contribution >= 0.6 is 23.4 Å². The number of nitrogens with two attached hydrogens (primary N) is 3. The van der Waals surface area contributed by atoms with E-state index < -0.39 is 18.0 Å². The van der Waals surface area contributed by atoms with E-state index in [9.17, 15) is 14.7 Å². The first kappa shape index (κ1) is 32.9. The van der Waals surface area contributed by atoms with Crippen LogP contribution in [-0.2, 0) is 29.1 Å². The molecule has 2 amide bonds. The molecule has 13 heteroatoms. The van der Waals surface area contributed by atoms with E-state index >= 15 is 0 Å². The number of fused-ring (bicyclic) bond motifs is 1. The van der Waals surface area contributed by atoms with Gasteiger partial charge < -0.3 is 37.5 Å². The van der Waals surface area contributed by atoms with E-state index in [0.717, 1.165) is 33.2 Å². The third kappa shape index (κ3) is 7.33. The molecule has 46 heavy (non-hydrogen) atoms. The number of nitrogens with zero attached hydrogens (tertiary/aromatic N) is 3. The number of amides is 2. The van der Waals surface area contributed by atoms with Crippen LogP contribution in [0.4, 0.5) is 0 Å². The monoisotopic (exact) mass is 658 g/mol. The highest BCUT2D eigenvalue weighted by Gasteiger charge is 2.30. The van der Waals surface area contributed by atoms with Crippen molar-refractivity contribution < 1.29 is 14.7 Å². The average Bonchev–Trinajstić information content (AvgIpc) is 3.49. The van der Waals surface area contributed by atoms with Gasteiger partial charge in [0.15, 0.2) is 0 Å². The molecule has 3 heterocycles. The topological polar surface area (TPSA) is 189 Å². The molecule has 0 bridgehead atoms. The van der Waals surface area contributed by atoms with Crippen molar-refractivity contribution in [3.05, 3.63) is 101 Å². The molecule has 0 aliphatic heterocycles. The number of para-hydroxylation sites is 1. The third-order valence-corrected chi connectivity index (χ3v) is 9.36. The van der Waals surface area contributed by atoms with Gasteiger partial charge in [-0.25, -0.2) is 9.97 Å². The van der Waals surface area contributed by atoms with Crippen LogP contribution in [0.3, 0.4) is 0 Å². The molecule has 0 unspecified atom stereocenters. The predicted molar refractivity (Wildman–Crippen MR) is 180 cm³/mol. The number of aromatic amines is 1. The van der Waals surface area contributed by atoms with E-state index in [-0.39, 0.29) is 37.8 Å². The molecule has 3 aromatic heterocycles. The summed E-state index contributed by atoms with van der Waals surface area (Å²) in [5, 5.41) is 14.8. The van der Waals surface area contributed by atoms with Gasteiger partial charge in [0, 0.05) is 79.1 Å². The Kier molecular flexibility index (Phi) is 10.6. The minimum absolute atomic E-state index is 0.0547. The predicted octanol–water partition coefficient (Wildman–Crippen LogP) is 3.57. The fraction of sp³-hybridized carbons (Fsp3) is 0.212. The van der Waals surface area contributed by atoms with Crippen molar-refractivity contribution in [2.24, 2.45) is 17.2 Å². The number of pyridine rings is 2. The molecule has 0 saturated carbocycles. The lowest BCUT2D eigenvalue weighted by Crippen LogP contribution is -2.54. The van der Waals surface area contributed by atoms with Gasteiger partial charge in [-0.3, -0.25) is 9.59 Å². The molecule has 0 saturated heterocycles. The van der Waals surface area contributed by atoms with Crippen molar-refractivity contribution >= 4 is 46.1 Å². The number of H-pyrrole nitrogens is 1. The molecule has 5 rings (SSSR count). The largest absolute Gasteiger partial charge is 0.493 e. The van der Waals surface area contributed by atoms with Gasteiger partial charge >= 0.3 is 0 Å². The lowest BCUT2D eigenvalue weighted by Gasteiger charge is -2.29.